The molecule has 0 spiro atoms. The van der Waals surface area contributed by atoms with Crippen LogP contribution in [0.15, 0.2) is 0 Å². The predicted molar refractivity (Wildman–Crippen MR) is 62.9 cm³/mol. The van der Waals surface area contributed by atoms with Gasteiger partial charge in [0.15, 0.2) is 0 Å². The first-order valence-electron chi connectivity index (χ1n) is 6.06. The van der Waals surface area contributed by atoms with Gasteiger partial charge in [-0.05, 0) is 26.7 Å². The Morgan fingerprint density at radius 1 is 1.27 bits per heavy atom. The van der Waals surface area contributed by atoms with Crippen LogP contribution in [0.1, 0.15) is 40.5 Å². The maximum Gasteiger partial charge on any atom is 0.102 e. The van der Waals surface area contributed by atoms with Crippen molar-refractivity contribution in [3.63, 3.8) is 0 Å². The van der Waals surface area contributed by atoms with Gasteiger partial charge in [-0.2, -0.15) is 0 Å². The third kappa shape index (κ3) is 2.70. The van der Waals surface area contributed by atoms with Crippen LogP contribution in [-0.4, -0.2) is 42.3 Å². The molecule has 2 atom stereocenters. The molecule has 15 heavy (non-hydrogen) atoms. The molecule has 1 heterocycles. The van der Waals surface area contributed by atoms with Crippen molar-refractivity contribution in [3.8, 4) is 0 Å². The maximum atomic E-state index is 12.6. The van der Waals surface area contributed by atoms with Gasteiger partial charge in [0, 0.05) is 30.7 Å². The van der Waals surface area contributed by atoms with E-state index in [0.29, 0.717) is 6.54 Å². The van der Waals surface area contributed by atoms with Gasteiger partial charge in [0.05, 0.1) is 0 Å². The molecule has 2 unspecified atom stereocenters. The van der Waals surface area contributed by atoms with E-state index in [1.165, 1.54) is 0 Å². The molecule has 90 valence electrons. The average molecular weight is 216 g/mol. The van der Waals surface area contributed by atoms with Gasteiger partial charge in [-0.3, -0.25) is 4.90 Å². The highest BCUT2D eigenvalue weighted by Gasteiger charge is 2.40. The fourth-order valence-electron chi connectivity index (χ4n) is 2.22. The molecular formula is C12H25FN2. The lowest BCUT2D eigenvalue weighted by Crippen LogP contribution is -2.68. The van der Waals surface area contributed by atoms with Gasteiger partial charge in [-0.25, -0.2) is 4.39 Å². The lowest BCUT2D eigenvalue weighted by molar-refractivity contribution is 0.0132. The van der Waals surface area contributed by atoms with E-state index in [9.17, 15) is 4.39 Å². The third-order valence-corrected chi connectivity index (χ3v) is 4.10. The fraction of sp³-hybridized carbons (Fsp3) is 1.00. The lowest BCUT2D eigenvalue weighted by atomic mass is 9.86. The Balaban J connectivity index is 2.73. The highest BCUT2D eigenvalue weighted by atomic mass is 19.1. The minimum absolute atomic E-state index is 0.126. The van der Waals surface area contributed by atoms with Crippen LogP contribution in [0.5, 0.6) is 0 Å². The summed E-state index contributed by atoms with van der Waals surface area (Å²) in [5.74, 6) is 0. The van der Waals surface area contributed by atoms with E-state index in [-0.39, 0.29) is 17.8 Å². The van der Waals surface area contributed by atoms with Crippen LogP contribution in [0.4, 0.5) is 4.39 Å². The first kappa shape index (κ1) is 12.9. The molecule has 0 saturated carbocycles. The number of nitrogens with one attached hydrogen (secondary N) is 1. The van der Waals surface area contributed by atoms with Crippen LogP contribution in [0.3, 0.4) is 0 Å². The van der Waals surface area contributed by atoms with Gasteiger partial charge in [0.25, 0.3) is 0 Å². The smallest absolute Gasteiger partial charge is 0.102 e. The summed E-state index contributed by atoms with van der Waals surface area (Å²) in [7, 11) is 0. The second-order valence-electron chi connectivity index (χ2n) is 5.23. The van der Waals surface area contributed by atoms with Crippen LogP contribution in [0.2, 0.25) is 0 Å². The van der Waals surface area contributed by atoms with Gasteiger partial charge >= 0.3 is 0 Å². The zero-order chi connectivity index (χ0) is 11.5. The van der Waals surface area contributed by atoms with Crippen molar-refractivity contribution in [1.82, 2.24) is 10.2 Å². The van der Waals surface area contributed by atoms with Crippen molar-refractivity contribution >= 4 is 0 Å². The summed E-state index contributed by atoms with van der Waals surface area (Å²) in [5.41, 5.74) is 0.282. The topological polar surface area (TPSA) is 15.3 Å². The van der Waals surface area contributed by atoms with E-state index >= 15 is 0 Å². The summed E-state index contributed by atoms with van der Waals surface area (Å²) < 4.78 is 12.6. The molecule has 0 bridgehead atoms. The Morgan fingerprint density at radius 2 is 1.93 bits per heavy atom. The minimum atomic E-state index is -0.241. The largest absolute Gasteiger partial charge is 0.308 e. The molecule has 0 aromatic carbocycles. The first-order chi connectivity index (χ1) is 6.99. The first-order valence-corrected chi connectivity index (χ1v) is 6.06. The SMILES string of the molecule is CCC1(C)CN(CCF)C(C)(CC)CN1. The Kier molecular flexibility index (Phi) is 4.13. The second kappa shape index (κ2) is 4.79. The van der Waals surface area contributed by atoms with Gasteiger partial charge in [0.2, 0.25) is 0 Å². The molecule has 1 aliphatic rings. The number of nitrogens with zero attached hydrogens (tertiary/aromatic N) is 1. The van der Waals surface area contributed by atoms with Crippen molar-refractivity contribution in [1.29, 1.82) is 0 Å². The molecule has 1 fully saturated rings. The van der Waals surface area contributed by atoms with E-state index in [4.69, 9.17) is 0 Å². The van der Waals surface area contributed by atoms with E-state index < -0.39 is 0 Å². The van der Waals surface area contributed by atoms with Crippen LogP contribution >= 0.6 is 0 Å². The highest BCUT2D eigenvalue weighted by Crippen LogP contribution is 2.27. The Morgan fingerprint density at radius 3 is 2.40 bits per heavy atom. The number of rotatable bonds is 4. The molecule has 0 aromatic rings. The zero-order valence-corrected chi connectivity index (χ0v) is 10.6. The fourth-order valence-corrected chi connectivity index (χ4v) is 2.22. The standard InChI is InChI=1S/C12H25FN2/c1-5-11(3)10-15(8-7-13)12(4,6-2)9-14-11/h14H,5-10H2,1-4H3. The lowest BCUT2D eigenvalue weighted by Gasteiger charge is -2.52. The van der Waals surface area contributed by atoms with E-state index in [0.717, 1.165) is 25.9 Å². The van der Waals surface area contributed by atoms with Gasteiger partial charge in [0.1, 0.15) is 6.67 Å². The average Bonchev–Trinajstić information content (AvgIpc) is 2.24. The van der Waals surface area contributed by atoms with Gasteiger partial charge < -0.3 is 5.32 Å². The maximum absolute atomic E-state index is 12.6. The van der Waals surface area contributed by atoms with E-state index in [1.54, 1.807) is 0 Å². The summed E-state index contributed by atoms with van der Waals surface area (Å²) >= 11 is 0. The van der Waals surface area contributed by atoms with Crippen LogP contribution in [0, 0.1) is 0 Å². The summed E-state index contributed by atoms with van der Waals surface area (Å²) in [6, 6.07) is 0. The third-order valence-electron chi connectivity index (χ3n) is 4.10. The van der Waals surface area contributed by atoms with Crippen molar-refractivity contribution in [3.05, 3.63) is 0 Å². The zero-order valence-electron chi connectivity index (χ0n) is 10.6. The summed E-state index contributed by atoms with van der Waals surface area (Å²) in [6.45, 7) is 11.1. The second-order valence-corrected chi connectivity index (χ2v) is 5.23. The van der Waals surface area contributed by atoms with E-state index in [2.05, 4.69) is 37.9 Å². The number of halogens is 1. The molecule has 0 radical (unpaired) electrons. The van der Waals surface area contributed by atoms with Crippen LogP contribution in [0.25, 0.3) is 0 Å². The van der Waals surface area contributed by atoms with Gasteiger partial charge in [-0.1, -0.05) is 13.8 Å². The summed E-state index contributed by atoms with van der Waals surface area (Å²) in [6.07, 6.45) is 2.16. The molecule has 1 aliphatic heterocycles. The molecule has 0 amide bonds. The highest BCUT2D eigenvalue weighted by molar-refractivity contribution is 5.00. The molecule has 0 aromatic heterocycles. The molecular weight excluding hydrogens is 191 g/mol. The number of hydrogen-bond acceptors (Lipinski definition) is 2. The molecule has 0 aliphatic carbocycles. The predicted octanol–water partition coefficient (Wildman–Crippen LogP) is 2.20. The molecule has 1 rings (SSSR count). The van der Waals surface area contributed by atoms with Crippen molar-refractivity contribution < 1.29 is 4.39 Å². The normalized spacial score (nSPS) is 38.2. The van der Waals surface area contributed by atoms with E-state index in [1.807, 2.05) is 0 Å². The Bertz CT molecular complexity index is 210. The van der Waals surface area contributed by atoms with Crippen molar-refractivity contribution in [2.45, 2.75) is 51.6 Å². The van der Waals surface area contributed by atoms with Crippen LogP contribution in [-0.2, 0) is 0 Å². The monoisotopic (exact) mass is 216 g/mol. The van der Waals surface area contributed by atoms with Crippen molar-refractivity contribution in [2.24, 2.45) is 0 Å². The Labute approximate surface area is 93.2 Å². The van der Waals surface area contributed by atoms with Crippen LogP contribution < -0.4 is 5.32 Å². The number of alkyl halides is 1. The molecule has 3 heteroatoms. The molecule has 2 nitrogen and oxygen atoms in total. The van der Waals surface area contributed by atoms with Crippen molar-refractivity contribution in [2.75, 3.05) is 26.3 Å². The summed E-state index contributed by atoms with van der Waals surface area (Å²) in [5, 5.41) is 3.61. The quantitative estimate of drug-likeness (QED) is 0.775. The Hall–Kier alpha value is -0.150. The molecule has 1 saturated heterocycles. The van der Waals surface area contributed by atoms with Gasteiger partial charge in [-0.15, -0.1) is 0 Å². The molecule has 1 N–H and O–H groups in total. The number of piperazine rings is 1. The summed E-state index contributed by atoms with van der Waals surface area (Å²) in [4.78, 5) is 2.31. The minimum Gasteiger partial charge on any atom is -0.308 e. The number of hydrogen-bond donors (Lipinski definition) is 1.